The van der Waals surface area contributed by atoms with Gasteiger partial charge < -0.3 is 20.0 Å². The van der Waals surface area contributed by atoms with E-state index in [0.29, 0.717) is 17.1 Å². The quantitative estimate of drug-likeness (QED) is 0.0629. The van der Waals surface area contributed by atoms with E-state index in [2.05, 4.69) is 31.1 Å². The standard InChI is InChI=1S/C30H24N6O7S2/c31-19-24-26(21-11-4-1-5-12-21)33-30(34-27(24)32-22-13-6-2-7-14-22)44-20-25(37)41-17-10-18-42-28-29(36(38)43-35-28)45(39,40)23-15-8-3-9-16-23/h1-9,11-16H,10,17-18,20H2,(H,32,33,34). The molecule has 0 saturated heterocycles. The third-order valence-corrected chi connectivity index (χ3v) is 8.59. The molecule has 0 fully saturated rings. The monoisotopic (exact) mass is 644 g/mol. The summed E-state index contributed by atoms with van der Waals surface area (Å²) < 4.78 is 40.8. The molecule has 2 heterocycles. The van der Waals surface area contributed by atoms with E-state index in [-0.39, 0.29) is 45.9 Å². The lowest BCUT2D eigenvalue weighted by Gasteiger charge is -2.13. The van der Waals surface area contributed by atoms with Gasteiger partial charge in [0.05, 0.1) is 34.7 Å². The van der Waals surface area contributed by atoms with E-state index >= 15 is 0 Å². The molecule has 1 N–H and O–H groups in total. The van der Waals surface area contributed by atoms with Crippen molar-refractivity contribution in [2.45, 2.75) is 21.5 Å². The van der Waals surface area contributed by atoms with Gasteiger partial charge in [0.25, 0.3) is 9.84 Å². The number of sulfone groups is 1. The number of anilines is 2. The molecule has 15 heteroatoms. The number of carbonyl (C=O) groups excluding carboxylic acids is 1. The lowest BCUT2D eigenvalue weighted by molar-refractivity contribution is -0.832. The Labute approximate surface area is 261 Å². The van der Waals surface area contributed by atoms with Crippen LogP contribution in [0.2, 0.25) is 0 Å². The van der Waals surface area contributed by atoms with Gasteiger partial charge >= 0.3 is 16.9 Å². The smallest absolute Gasteiger partial charge is 0.414 e. The molecular formula is C30H24N6O7S2. The normalized spacial score (nSPS) is 11.0. The number of rotatable bonds is 13. The Balaban J connectivity index is 1.19. The maximum Gasteiger partial charge on any atom is 0.414 e. The maximum absolute atomic E-state index is 12.9. The van der Waals surface area contributed by atoms with Crippen molar-refractivity contribution in [2.75, 3.05) is 24.3 Å². The van der Waals surface area contributed by atoms with Gasteiger partial charge in [0.15, 0.2) is 11.0 Å². The molecule has 0 radical (unpaired) electrons. The molecule has 5 rings (SSSR count). The van der Waals surface area contributed by atoms with Crippen molar-refractivity contribution in [1.29, 1.82) is 5.26 Å². The van der Waals surface area contributed by atoms with Crippen LogP contribution in [0.4, 0.5) is 11.5 Å². The van der Waals surface area contributed by atoms with Gasteiger partial charge in [0.2, 0.25) is 0 Å². The van der Waals surface area contributed by atoms with Crippen molar-refractivity contribution >= 4 is 39.1 Å². The van der Waals surface area contributed by atoms with E-state index in [1.165, 1.54) is 24.3 Å². The molecule has 0 atom stereocenters. The Morgan fingerprint density at radius 1 is 0.978 bits per heavy atom. The van der Waals surface area contributed by atoms with Crippen LogP contribution in [0.15, 0.2) is 111 Å². The summed E-state index contributed by atoms with van der Waals surface area (Å²) in [5.41, 5.74) is 2.11. The summed E-state index contributed by atoms with van der Waals surface area (Å²) in [5.74, 6) is -0.877. The number of aromatic nitrogens is 4. The fourth-order valence-electron chi connectivity index (χ4n) is 3.98. The Kier molecular flexibility index (Phi) is 9.87. The molecule has 228 valence electrons. The fourth-order valence-corrected chi connectivity index (χ4v) is 5.92. The molecular weight excluding hydrogens is 620 g/mol. The predicted molar refractivity (Wildman–Crippen MR) is 161 cm³/mol. The number of esters is 1. The molecule has 0 aliphatic rings. The predicted octanol–water partition coefficient (Wildman–Crippen LogP) is 4.32. The lowest BCUT2D eigenvalue weighted by atomic mass is 10.1. The number of hydrogen-bond acceptors (Lipinski definition) is 13. The third kappa shape index (κ3) is 7.55. The van der Waals surface area contributed by atoms with Gasteiger partial charge in [-0.15, -0.1) is 0 Å². The number of nitrogens with one attached hydrogen (secondary N) is 1. The number of ether oxygens (including phenoxy) is 2. The Morgan fingerprint density at radius 2 is 1.64 bits per heavy atom. The van der Waals surface area contributed by atoms with E-state index in [9.17, 15) is 23.7 Å². The van der Waals surface area contributed by atoms with E-state index < -0.39 is 26.7 Å². The highest BCUT2D eigenvalue weighted by molar-refractivity contribution is 7.99. The van der Waals surface area contributed by atoms with Gasteiger partial charge in [-0.2, -0.15) is 5.26 Å². The average molecular weight is 645 g/mol. The zero-order valence-electron chi connectivity index (χ0n) is 23.4. The molecule has 2 aromatic heterocycles. The van der Waals surface area contributed by atoms with Crippen molar-refractivity contribution in [3.8, 4) is 23.2 Å². The second-order valence-electron chi connectivity index (χ2n) is 9.12. The van der Waals surface area contributed by atoms with Crippen LogP contribution in [0.25, 0.3) is 11.3 Å². The van der Waals surface area contributed by atoms with Crippen LogP contribution < -0.4 is 15.0 Å². The molecule has 0 unspecified atom stereocenters. The molecule has 13 nitrogen and oxygen atoms in total. The van der Waals surface area contributed by atoms with E-state index in [1.54, 1.807) is 6.07 Å². The van der Waals surface area contributed by atoms with Crippen LogP contribution >= 0.6 is 11.8 Å². The van der Waals surface area contributed by atoms with E-state index in [0.717, 1.165) is 17.4 Å². The first-order valence-electron chi connectivity index (χ1n) is 13.4. The highest BCUT2D eigenvalue weighted by Gasteiger charge is 2.35. The van der Waals surface area contributed by atoms with Gasteiger partial charge in [0.1, 0.15) is 11.6 Å². The topological polar surface area (TPSA) is 184 Å². The van der Waals surface area contributed by atoms with Crippen LogP contribution in [-0.4, -0.2) is 48.5 Å². The molecule has 0 spiro atoms. The number of thioether (sulfide) groups is 1. The maximum atomic E-state index is 12.9. The first kappa shape index (κ1) is 31.0. The number of nitriles is 1. The van der Waals surface area contributed by atoms with E-state index in [1.807, 2.05) is 60.7 Å². The Hall–Kier alpha value is -5.46. The number of nitrogens with zero attached hydrogens (tertiary/aromatic N) is 5. The SMILES string of the molecule is N#Cc1c(Nc2ccccc2)nc(SCC(=O)OCCCOc2no[n+]([O-])c2S(=O)(=O)c2ccccc2)nc1-c1ccccc1. The summed E-state index contributed by atoms with van der Waals surface area (Å²) in [5, 5.41) is 28.0. The lowest BCUT2D eigenvalue weighted by Crippen LogP contribution is -2.31. The van der Waals surface area contributed by atoms with Gasteiger partial charge in [-0.1, -0.05) is 78.5 Å². The minimum Gasteiger partial charge on any atom is -0.465 e. The van der Waals surface area contributed by atoms with Gasteiger partial charge in [-0.25, -0.2) is 18.4 Å². The summed E-state index contributed by atoms with van der Waals surface area (Å²) in [6.07, 6.45) is 0.170. The van der Waals surface area contributed by atoms with Crippen molar-refractivity contribution in [3.63, 3.8) is 0 Å². The largest absolute Gasteiger partial charge is 0.465 e. The Bertz CT molecular complexity index is 1920. The summed E-state index contributed by atoms with van der Waals surface area (Å²) in [4.78, 5) is 21.2. The number of para-hydroxylation sites is 1. The van der Waals surface area contributed by atoms with Crippen LogP contribution in [0.1, 0.15) is 12.0 Å². The molecule has 5 aromatic rings. The van der Waals surface area contributed by atoms with Crippen LogP contribution in [0.3, 0.4) is 0 Å². The van der Waals surface area contributed by atoms with Crippen LogP contribution in [0.5, 0.6) is 5.88 Å². The number of carbonyl (C=O) groups is 1. The first-order valence-corrected chi connectivity index (χ1v) is 15.8. The van der Waals surface area contributed by atoms with Gasteiger partial charge in [0, 0.05) is 17.7 Å². The number of hydrogen-bond donors (Lipinski definition) is 1. The summed E-state index contributed by atoms with van der Waals surface area (Å²) in [6.45, 7) is -0.169. The van der Waals surface area contributed by atoms with Crippen molar-refractivity contribution < 1.29 is 32.2 Å². The van der Waals surface area contributed by atoms with Gasteiger partial charge in [-0.05, 0) is 29.2 Å². The number of benzene rings is 3. The molecule has 0 aliphatic heterocycles. The first-order chi connectivity index (χ1) is 21.9. The van der Waals surface area contributed by atoms with Gasteiger partial charge in [-0.3, -0.25) is 9.42 Å². The minimum absolute atomic E-state index is 0.0559. The highest BCUT2D eigenvalue weighted by Crippen LogP contribution is 2.31. The molecule has 0 bridgehead atoms. The molecule has 0 saturated carbocycles. The fraction of sp³-hybridized carbons (Fsp3) is 0.133. The zero-order valence-corrected chi connectivity index (χ0v) is 25.0. The van der Waals surface area contributed by atoms with Crippen molar-refractivity contribution in [3.05, 3.63) is 102 Å². The van der Waals surface area contributed by atoms with Crippen LogP contribution in [0, 0.1) is 16.5 Å². The molecule has 3 aromatic carbocycles. The van der Waals surface area contributed by atoms with Crippen molar-refractivity contribution in [1.82, 2.24) is 15.1 Å². The van der Waals surface area contributed by atoms with Crippen LogP contribution in [-0.2, 0) is 19.4 Å². The summed E-state index contributed by atoms with van der Waals surface area (Å²) >= 11 is 1.04. The molecule has 0 amide bonds. The zero-order chi connectivity index (χ0) is 31.6. The second-order valence-corrected chi connectivity index (χ2v) is 11.9. The average Bonchev–Trinajstić information content (AvgIpc) is 3.45. The van der Waals surface area contributed by atoms with Crippen molar-refractivity contribution in [2.24, 2.45) is 0 Å². The van der Waals surface area contributed by atoms with E-state index in [4.69, 9.17) is 9.47 Å². The minimum atomic E-state index is -4.25. The second kappa shape index (κ2) is 14.3. The highest BCUT2D eigenvalue weighted by atomic mass is 32.2. The molecule has 0 aliphatic carbocycles. The third-order valence-electron chi connectivity index (χ3n) is 6.05. The Morgan fingerprint density at radius 3 is 2.33 bits per heavy atom. The molecule has 45 heavy (non-hydrogen) atoms. The summed E-state index contributed by atoms with van der Waals surface area (Å²) in [7, 11) is -4.25. The summed E-state index contributed by atoms with van der Waals surface area (Å²) in [6, 6.07) is 27.9.